The number of likely N-dealkylation sites (N-methyl/N-ethyl adjacent to an activating group) is 1. The molecule has 0 bridgehead atoms. The molecule has 1 atom stereocenters. The molecule has 152 valence electrons. The second-order valence-electron chi connectivity index (χ2n) is 5.89. The van der Waals surface area contributed by atoms with E-state index in [2.05, 4.69) is 15.5 Å². The monoisotopic (exact) mass is 409 g/mol. The fraction of sp³-hybridized carbons (Fsp3) is 0.529. The van der Waals surface area contributed by atoms with Gasteiger partial charge in [-0.3, -0.25) is 0 Å². The van der Waals surface area contributed by atoms with Crippen molar-refractivity contribution >= 4 is 12.4 Å². The van der Waals surface area contributed by atoms with Gasteiger partial charge in [0.1, 0.15) is 0 Å². The van der Waals surface area contributed by atoms with E-state index in [9.17, 15) is 13.2 Å². The Kier molecular flexibility index (Phi) is 8.84. The molecule has 1 N–H and O–H groups in total. The number of hydrogen-bond donors (Lipinski definition) is 1. The minimum absolute atomic E-state index is 0. The van der Waals surface area contributed by atoms with Gasteiger partial charge in [0.25, 0.3) is 0 Å². The molecule has 1 aromatic heterocycles. The topological polar surface area (TPSA) is 69.4 Å². The molecule has 0 radical (unpaired) electrons. The Morgan fingerprint density at radius 2 is 1.96 bits per heavy atom. The molecule has 2 rings (SSSR count). The summed E-state index contributed by atoms with van der Waals surface area (Å²) in [5.41, 5.74) is 0.865. The summed E-state index contributed by atoms with van der Waals surface area (Å²) in [6, 6.07) is 5.04. The van der Waals surface area contributed by atoms with E-state index >= 15 is 0 Å². The second-order valence-corrected chi connectivity index (χ2v) is 5.89. The number of methoxy groups -OCH3 is 1. The Morgan fingerprint density at radius 3 is 2.59 bits per heavy atom. The first-order valence-corrected chi connectivity index (χ1v) is 8.16. The van der Waals surface area contributed by atoms with Crippen molar-refractivity contribution in [3.05, 3.63) is 35.5 Å². The van der Waals surface area contributed by atoms with Crippen LogP contribution in [0.3, 0.4) is 0 Å². The van der Waals surface area contributed by atoms with Gasteiger partial charge < -0.3 is 19.3 Å². The number of nitrogens with one attached hydrogen (secondary N) is 1. The fourth-order valence-corrected chi connectivity index (χ4v) is 2.25. The number of benzene rings is 1. The van der Waals surface area contributed by atoms with E-state index in [4.69, 9.17) is 14.0 Å². The van der Waals surface area contributed by atoms with E-state index in [1.165, 1.54) is 13.2 Å². The summed E-state index contributed by atoms with van der Waals surface area (Å²) in [6.07, 6.45) is -2.63. The van der Waals surface area contributed by atoms with Crippen LogP contribution in [-0.2, 0) is 19.3 Å². The van der Waals surface area contributed by atoms with E-state index in [1.807, 2.05) is 14.0 Å². The molecule has 0 saturated carbocycles. The zero-order chi connectivity index (χ0) is 19.2. The molecule has 0 amide bonds. The zero-order valence-corrected chi connectivity index (χ0v) is 16.1. The predicted molar refractivity (Wildman–Crippen MR) is 95.7 cm³/mol. The lowest BCUT2D eigenvalue weighted by molar-refractivity contribution is -0.153. The van der Waals surface area contributed by atoms with Crippen molar-refractivity contribution < 1.29 is 27.2 Å². The fourth-order valence-electron chi connectivity index (χ4n) is 2.25. The van der Waals surface area contributed by atoms with Gasteiger partial charge >= 0.3 is 6.18 Å². The average molecular weight is 410 g/mol. The molecule has 10 heteroatoms. The van der Waals surface area contributed by atoms with Gasteiger partial charge in [-0.2, -0.15) is 18.2 Å². The van der Waals surface area contributed by atoms with Crippen LogP contribution in [0.2, 0.25) is 0 Å². The molecular formula is C17H23ClF3N3O3. The maximum atomic E-state index is 12.3. The SMILES string of the molecule is CNC(C)Cc1noc(CCc2ccc(OCC(F)(F)F)c(OC)c2)n1.Cl. The molecule has 0 spiro atoms. The average Bonchev–Trinajstić information content (AvgIpc) is 3.04. The van der Waals surface area contributed by atoms with Gasteiger partial charge in [0.05, 0.1) is 7.11 Å². The minimum Gasteiger partial charge on any atom is -0.493 e. The number of aromatic nitrogens is 2. The summed E-state index contributed by atoms with van der Waals surface area (Å²) < 4.78 is 51.9. The molecule has 0 saturated heterocycles. The number of halogens is 4. The van der Waals surface area contributed by atoms with Gasteiger partial charge in [0.15, 0.2) is 23.9 Å². The number of alkyl halides is 3. The van der Waals surface area contributed by atoms with Gasteiger partial charge in [-0.25, -0.2) is 0 Å². The largest absolute Gasteiger partial charge is 0.493 e. The molecule has 2 aromatic rings. The van der Waals surface area contributed by atoms with E-state index in [1.54, 1.807) is 12.1 Å². The number of ether oxygens (including phenoxy) is 2. The van der Waals surface area contributed by atoms with Crippen LogP contribution in [0.25, 0.3) is 0 Å². The standard InChI is InChI=1S/C17H22F3N3O3.ClH/c1-11(21-2)8-15-22-16(26-23-15)7-5-12-4-6-13(14(9-12)24-3)25-10-17(18,19)20;/h4,6,9,11,21H,5,7-8,10H2,1-3H3;1H. The molecule has 0 aliphatic rings. The van der Waals surface area contributed by atoms with Crippen LogP contribution in [0.5, 0.6) is 11.5 Å². The highest BCUT2D eigenvalue weighted by molar-refractivity contribution is 5.85. The van der Waals surface area contributed by atoms with E-state index < -0.39 is 12.8 Å². The highest BCUT2D eigenvalue weighted by atomic mass is 35.5. The Morgan fingerprint density at radius 1 is 1.22 bits per heavy atom. The van der Waals surface area contributed by atoms with Crippen molar-refractivity contribution in [2.75, 3.05) is 20.8 Å². The van der Waals surface area contributed by atoms with Crippen molar-refractivity contribution in [2.24, 2.45) is 0 Å². The Balaban J connectivity index is 0.00000364. The summed E-state index contributed by atoms with van der Waals surface area (Å²) in [5.74, 6) is 1.45. The first-order valence-electron chi connectivity index (χ1n) is 8.16. The van der Waals surface area contributed by atoms with Gasteiger partial charge in [0, 0.05) is 18.9 Å². The zero-order valence-electron chi connectivity index (χ0n) is 15.3. The third kappa shape index (κ3) is 7.64. The lowest BCUT2D eigenvalue weighted by atomic mass is 10.1. The van der Waals surface area contributed by atoms with Crippen LogP contribution in [0.15, 0.2) is 22.7 Å². The first-order chi connectivity index (χ1) is 12.3. The maximum absolute atomic E-state index is 12.3. The van der Waals surface area contributed by atoms with Gasteiger partial charge in [-0.05, 0) is 38.1 Å². The lowest BCUT2D eigenvalue weighted by Gasteiger charge is -2.13. The van der Waals surface area contributed by atoms with Gasteiger partial charge in [-0.1, -0.05) is 11.2 Å². The summed E-state index contributed by atoms with van der Waals surface area (Å²) in [5, 5.41) is 7.03. The molecule has 1 heterocycles. The van der Waals surface area contributed by atoms with Crippen molar-refractivity contribution in [3.63, 3.8) is 0 Å². The van der Waals surface area contributed by atoms with Gasteiger partial charge in [0.2, 0.25) is 5.89 Å². The van der Waals surface area contributed by atoms with Gasteiger partial charge in [-0.15, -0.1) is 12.4 Å². The van der Waals surface area contributed by atoms with Crippen molar-refractivity contribution in [1.82, 2.24) is 15.5 Å². The van der Waals surface area contributed by atoms with Crippen LogP contribution >= 0.6 is 12.4 Å². The smallest absolute Gasteiger partial charge is 0.422 e. The number of hydrogen-bond acceptors (Lipinski definition) is 6. The maximum Gasteiger partial charge on any atom is 0.422 e. The second kappa shape index (κ2) is 10.4. The highest BCUT2D eigenvalue weighted by Crippen LogP contribution is 2.30. The third-order valence-electron chi connectivity index (χ3n) is 3.74. The third-order valence-corrected chi connectivity index (χ3v) is 3.74. The summed E-state index contributed by atoms with van der Waals surface area (Å²) in [7, 11) is 3.24. The molecule has 27 heavy (non-hydrogen) atoms. The summed E-state index contributed by atoms with van der Waals surface area (Å²) >= 11 is 0. The van der Waals surface area contributed by atoms with Crippen LogP contribution in [0.1, 0.15) is 24.2 Å². The molecule has 0 aliphatic carbocycles. The van der Waals surface area contributed by atoms with E-state index in [0.29, 0.717) is 31.0 Å². The highest BCUT2D eigenvalue weighted by Gasteiger charge is 2.29. The Bertz CT molecular complexity index is 710. The predicted octanol–water partition coefficient (Wildman–Crippen LogP) is 3.38. The number of aryl methyl sites for hydroxylation is 2. The lowest BCUT2D eigenvalue weighted by Crippen LogP contribution is -2.24. The van der Waals surface area contributed by atoms with Crippen LogP contribution in [0, 0.1) is 0 Å². The van der Waals surface area contributed by atoms with Crippen LogP contribution in [0.4, 0.5) is 13.2 Å². The quantitative estimate of drug-likeness (QED) is 0.684. The molecule has 0 fully saturated rings. The molecule has 6 nitrogen and oxygen atoms in total. The van der Waals surface area contributed by atoms with Crippen molar-refractivity contribution in [2.45, 2.75) is 38.4 Å². The molecule has 1 unspecified atom stereocenters. The first kappa shape index (κ1) is 23.0. The van der Waals surface area contributed by atoms with Crippen LogP contribution < -0.4 is 14.8 Å². The van der Waals surface area contributed by atoms with Crippen LogP contribution in [-0.4, -0.2) is 43.1 Å². The Hall–Kier alpha value is -2.00. The summed E-state index contributed by atoms with van der Waals surface area (Å²) in [4.78, 5) is 4.33. The number of rotatable bonds is 9. The van der Waals surface area contributed by atoms with E-state index in [0.717, 1.165) is 5.56 Å². The normalized spacial score (nSPS) is 12.4. The molecule has 1 aromatic carbocycles. The number of nitrogens with zero attached hydrogens (tertiary/aromatic N) is 2. The molecular weight excluding hydrogens is 387 g/mol. The Labute approximate surface area is 161 Å². The minimum atomic E-state index is -4.40. The summed E-state index contributed by atoms with van der Waals surface area (Å²) in [6.45, 7) is 0.656. The van der Waals surface area contributed by atoms with E-state index in [-0.39, 0.29) is 29.9 Å². The molecule has 0 aliphatic heterocycles. The van der Waals surface area contributed by atoms with Crippen molar-refractivity contribution in [1.29, 1.82) is 0 Å². The van der Waals surface area contributed by atoms with Crippen molar-refractivity contribution in [3.8, 4) is 11.5 Å².